The SMILES string of the molecule is CC(C)NC(=O)c1cscc1OC(=O)O. The third-order valence-corrected chi connectivity index (χ3v) is 2.21. The van der Waals surface area contributed by atoms with Crippen LogP contribution in [0.25, 0.3) is 0 Å². The summed E-state index contributed by atoms with van der Waals surface area (Å²) < 4.78 is 4.45. The molecule has 0 aromatic carbocycles. The van der Waals surface area contributed by atoms with Crippen molar-refractivity contribution < 1.29 is 19.4 Å². The molecule has 1 heterocycles. The first-order valence-electron chi connectivity index (χ1n) is 4.28. The van der Waals surface area contributed by atoms with Gasteiger partial charge in [0.25, 0.3) is 5.91 Å². The van der Waals surface area contributed by atoms with Gasteiger partial charge in [0.1, 0.15) is 0 Å². The lowest BCUT2D eigenvalue weighted by Crippen LogP contribution is -2.30. The number of carbonyl (C=O) groups is 2. The molecule has 1 amide bonds. The van der Waals surface area contributed by atoms with Crippen LogP contribution in [0.1, 0.15) is 24.2 Å². The normalized spacial score (nSPS) is 10.1. The molecule has 2 N–H and O–H groups in total. The highest BCUT2D eigenvalue weighted by molar-refractivity contribution is 7.08. The molecule has 1 aromatic heterocycles. The minimum absolute atomic E-state index is 0.00456. The molecule has 0 atom stereocenters. The molecule has 1 rings (SSSR count). The molecule has 0 bridgehead atoms. The highest BCUT2D eigenvalue weighted by atomic mass is 32.1. The molecule has 6 heteroatoms. The van der Waals surface area contributed by atoms with Gasteiger partial charge in [-0.1, -0.05) is 0 Å². The molecule has 0 aliphatic carbocycles. The van der Waals surface area contributed by atoms with Gasteiger partial charge in [-0.05, 0) is 13.8 Å². The lowest BCUT2D eigenvalue weighted by molar-refractivity contribution is 0.0940. The quantitative estimate of drug-likeness (QED) is 0.777. The second-order valence-electron chi connectivity index (χ2n) is 3.15. The molecule has 0 fully saturated rings. The number of hydrogen-bond donors (Lipinski definition) is 2. The standard InChI is InChI=1S/C9H11NO4S/c1-5(2)10-8(11)6-3-15-4-7(6)14-9(12)13/h3-5H,1-2H3,(H,10,11)(H,12,13). The number of ether oxygens (including phenoxy) is 1. The summed E-state index contributed by atoms with van der Waals surface area (Å²) in [5.74, 6) is -0.256. The van der Waals surface area contributed by atoms with Crippen molar-refractivity contribution in [3.63, 3.8) is 0 Å². The van der Waals surface area contributed by atoms with Crippen molar-refractivity contribution in [3.05, 3.63) is 16.3 Å². The van der Waals surface area contributed by atoms with E-state index in [1.807, 2.05) is 13.8 Å². The van der Waals surface area contributed by atoms with E-state index in [1.165, 1.54) is 16.7 Å². The first-order chi connectivity index (χ1) is 7.00. The molecule has 0 saturated carbocycles. The Labute approximate surface area is 90.7 Å². The van der Waals surface area contributed by atoms with Crippen LogP contribution in [-0.2, 0) is 0 Å². The van der Waals surface area contributed by atoms with Crippen molar-refractivity contribution in [2.24, 2.45) is 0 Å². The van der Waals surface area contributed by atoms with E-state index >= 15 is 0 Å². The maximum Gasteiger partial charge on any atom is 0.511 e. The lowest BCUT2D eigenvalue weighted by atomic mass is 10.2. The number of thiophene rings is 1. The molecule has 82 valence electrons. The zero-order valence-electron chi connectivity index (χ0n) is 8.31. The van der Waals surface area contributed by atoms with Gasteiger partial charge < -0.3 is 15.2 Å². The third-order valence-electron chi connectivity index (χ3n) is 1.49. The van der Waals surface area contributed by atoms with E-state index in [-0.39, 0.29) is 23.3 Å². The summed E-state index contributed by atoms with van der Waals surface area (Å²) in [5.41, 5.74) is 0.246. The van der Waals surface area contributed by atoms with E-state index < -0.39 is 6.16 Å². The van der Waals surface area contributed by atoms with Gasteiger partial charge in [-0.2, -0.15) is 0 Å². The summed E-state index contributed by atoms with van der Waals surface area (Å²) in [4.78, 5) is 21.9. The molecule has 0 aliphatic heterocycles. The highest BCUT2D eigenvalue weighted by Crippen LogP contribution is 2.23. The largest absolute Gasteiger partial charge is 0.511 e. The summed E-state index contributed by atoms with van der Waals surface area (Å²) >= 11 is 1.21. The highest BCUT2D eigenvalue weighted by Gasteiger charge is 2.16. The topological polar surface area (TPSA) is 75.6 Å². The maximum absolute atomic E-state index is 11.5. The van der Waals surface area contributed by atoms with Crippen molar-refractivity contribution in [2.45, 2.75) is 19.9 Å². The first kappa shape index (κ1) is 11.5. The van der Waals surface area contributed by atoms with Crippen LogP contribution in [0, 0.1) is 0 Å². The minimum Gasteiger partial charge on any atom is -0.449 e. The minimum atomic E-state index is -1.42. The summed E-state index contributed by atoms with van der Waals surface area (Å²) in [6.07, 6.45) is -1.42. The van der Waals surface area contributed by atoms with Crippen LogP contribution in [0.4, 0.5) is 4.79 Å². The average Bonchev–Trinajstić information content (AvgIpc) is 2.49. The predicted molar refractivity (Wildman–Crippen MR) is 55.6 cm³/mol. The fourth-order valence-corrected chi connectivity index (χ4v) is 1.69. The smallest absolute Gasteiger partial charge is 0.449 e. The predicted octanol–water partition coefficient (Wildman–Crippen LogP) is 1.94. The zero-order chi connectivity index (χ0) is 11.4. The zero-order valence-corrected chi connectivity index (χ0v) is 9.13. The van der Waals surface area contributed by atoms with Crippen LogP contribution in [0.3, 0.4) is 0 Å². The van der Waals surface area contributed by atoms with Crippen molar-refractivity contribution in [3.8, 4) is 5.75 Å². The van der Waals surface area contributed by atoms with Gasteiger partial charge in [0.05, 0.1) is 5.56 Å². The summed E-state index contributed by atoms with van der Waals surface area (Å²) in [6.45, 7) is 3.64. The molecule has 5 nitrogen and oxygen atoms in total. The lowest BCUT2D eigenvalue weighted by Gasteiger charge is -2.07. The summed E-state index contributed by atoms with van der Waals surface area (Å²) in [7, 11) is 0. The number of hydrogen-bond acceptors (Lipinski definition) is 4. The number of carbonyl (C=O) groups excluding carboxylic acids is 1. The Balaban J connectivity index is 2.80. The second-order valence-corrected chi connectivity index (χ2v) is 3.89. The van der Waals surface area contributed by atoms with Crippen molar-refractivity contribution in [2.75, 3.05) is 0 Å². The molecule has 0 saturated heterocycles. The summed E-state index contributed by atoms with van der Waals surface area (Å²) in [6, 6.07) is -0.00456. The van der Waals surface area contributed by atoms with Gasteiger partial charge in [0.15, 0.2) is 5.75 Å². The van der Waals surface area contributed by atoms with Crippen molar-refractivity contribution >= 4 is 23.4 Å². The molecule has 1 aromatic rings. The van der Waals surface area contributed by atoms with Gasteiger partial charge >= 0.3 is 6.16 Å². The van der Waals surface area contributed by atoms with Crippen LogP contribution in [0.2, 0.25) is 0 Å². The number of amides is 1. The molecular weight excluding hydrogens is 218 g/mol. The Hall–Kier alpha value is -1.56. The van der Waals surface area contributed by atoms with E-state index in [4.69, 9.17) is 5.11 Å². The fourth-order valence-electron chi connectivity index (χ4n) is 0.964. The Bertz CT molecular complexity index is 372. The van der Waals surface area contributed by atoms with Gasteiger partial charge in [0, 0.05) is 16.8 Å². The Morgan fingerprint density at radius 3 is 2.67 bits per heavy atom. The van der Waals surface area contributed by atoms with Crippen molar-refractivity contribution in [1.29, 1.82) is 0 Å². The summed E-state index contributed by atoms with van der Waals surface area (Å²) in [5, 5.41) is 14.1. The third kappa shape index (κ3) is 3.25. The number of rotatable bonds is 3. The maximum atomic E-state index is 11.5. The Morgan fingerprint density at radius 2 is 2.13 bits per heavy atom. The Kier molecular flexibility index (Phi) is 3.68. The molecule has 0 aliphatic rings. The molecular formula is C9H11NO4S. The van der Waals surface area contributed by atoms with E-state index in [0.717, 1.165) is 0 Å². The van der Waals surface area contributed by atoms with Gasteiger partial charge in [-0.15, -0.1) is 11.3 Å². The van der Waals surface area contributed by atoms with Crippen LogP contribution in [0.5, 0.6) is 5.75 Å². The van der Waals surface area contributed by atoms with E-state index in [2.05, 4.69) is 10.1 Å². The second kappa shape index (κ2) is 4.79. The molecule has 15 heavy (non-hydrogen) atoms. The van der Waals surface area contributed by atoms with Crippen LogP contribution >= 0.6 is 11.3 Å². The molecule has 0 unspecified atom stereocenters. The van der Waals surface area contributed by atoms with Crippen LogP contribution in [-0.4, -0.2) is 23.2 Å². The van der Waals surface area contributed by atoms with E-state index in [1.54, 1.807) is 5.38 Å². The van der Waals surface area contributed by atoms with Crippen molar-refractivity contribution in [1.82, 2.24) is 5.32 Å². The fraction of sp³-hybridized carbons (Fsp3) is 0.333. The van der Waals surface area contributed by atoms with Gasteiger partial charge in [-0.3, -0.25) is 4.79 Å². The average molecular weight is 229 g/mol. The first-order valence-corrected chi connectivity index (χ1v) is 5.23. The monoisotopic (exact) mass is 229 g/mol. The van der Waals surface area contributed by atoms with E-state index in [9.17, 15) is 9.59 Å². The van der Waals surface area contributed by atoms with E-state index in [0.29, 0.717) is 0 Å². The number of carboxylic acid groups (broad SMARTS) is 1. The molecule has 0 spiro atoms. The Morgan fingerprint density at radius 1 is 1.47 bits per heavy atom. The van der Waals surface area contributed by atoms with Crippen LogP contribution in [0.15, 0.2) is 10.8 Å². The van der Waals surface area contributed by atoms with Gasteiger partial charge in [0.2, 0.25) is 0 Å². The van der Waals surface area contributed by atoms with Gasteiger partial charge in [-0.25, -0.2) is 4.79 Å². The van der Waals surface area contributed by atoms with Crippen LogP contribution < -0.4 is 10.1 Å². The number of nitrogens with one attached hydrogen (secondary N) is 1. The molecule has 0 radical (unpaired) electrons.